The van der Waals surface area contributed by atoms with Crippen molar-refractivity contribution in [1.82, 2.24) is 0 Å². The molecule has 0 heterocycles. The van der Waals surface area contributed by atoms with Crippen molar-refractivity contribution >= 4 is 0 Å². The van der Waals surface area contributed by atoms with Gasteiger partial charge in [0.15, 0.2) is 0 Å². The van der Waals surface area contributed by atoms with Crippen LogP contribution in [-0.4, -0.2) is 0 Å². The van der Waals surface area contributed by atoms with Crippen molar-refractivity contribution in [3.8, 4) is 0 Å². The minimum absolute atomic E-state index is 0. The Bertz CT molecular complexity index is 809. The van der Waals surface area contributed by atoms with Crippen LogP contribution in [0.4, 0.5) is 0 Å². The maximum atomic E-state index is 2.44. The molecule has 0 aliphatic heterocycles. The molecule has 4 heteroatoms. The molecule has 1 unspecified atom stereocenters. The summed E-state index contributed by atoms with van der Waals surface area (Å²) in [6.07, 6.45) is 10.8. The molecular weight excluding hydrogens is 467 g/mol. The van der Waals surface area contributed by atoms with E-state index in [4.69, 9.17) is 0 Å². The molecule has 0 bridgehead atoms. The van der Waals surface area contributed by atoms with Gasteiger partial charge in [-0.2, -0.15) is 0 Å². The van der Waals surface area contributed by atoms with Crippen LogP contribution in [0.2, 0.25) is 3.72 Å². The Morgan fingerprint density at radius 3 is 1.60 bits per heavy atom. The van der Waals surface area contributed by atoms with E-state index in [2.05, 4.69) is 110 Å². The first-order chi connectivity index (χ1) is 12.8. The quantitative estimate of drug-likeness (QED) is 0.425. The largest absolute Gasteiger partial charge is 1.00 e. The SMILES string of the molecule is CCCCC1=CC=C[C]1([Ti+3])C(c1cc(C)cc(C)c1)c1cc(C)cc(C)c1.[Cl-].[Cl-].[Cl-]. The van der Waals surface area contributed by atoms with Gasteiger partial charge in [0.05, 0.1) is 0 Å². The van der Waals surface area contributed by atoms with Crippen LogP contribution < -0.4 is 37.2 Å². The van der Waals surface area contributed by atoms with Gasteiger partial charge in [-0.1, -0.05) is 0 Å². The molecule has 0 saturated heterocycles. The molecule has 3 rings (SSSR count). The van der Waals surface area contributed by atoms with Crippen LogP contribution in [0, 0.1) is 27.7 Å². The van der Waals surface area contributed by atoms with Gasteiger partial charge < -0.3 is 37.2 Å². The van der Waals surface area contributed by atoms with Crippen LogP contribution in [0.3, 0.4) is 0 Å². The topological polar surface area (TPSA) is 0 Å². The molecule has 0 amide bonds. The van der Waals surface area contributed by atoms with E-state index in [0.717, 1.165) is 0 Å². The average Bonchev–Trinajstić information content (AvgIpc) is 2.92. The first-order valence-corrected chi connectivity index (χ1v) is 10.9. The predicted molar refractivity (Wildman–Crippen MR) is 113 cm³/mol. The molecule has 0 aromatic heterocycles. The van der Waals surface area contributed by atoms with Gasteiger partial charge in [0.2, 0.25) is 0 Å². The Balaban J connectivity index is 0.00000280. The Kier molecular flexibility index (Phi) is 12.3. The van der Waals surface area contributed by atoms with Gasteiger partial charge in [0.1, 0.15) is 0 Å². The van der Waals surface area contributed by atoms with E-state index >= 15 is 0 Å². The summed E-state index contributed by atoms with van der Waals surface area (Å²) in [6.45, 7) is 11.2. The zero-order chi connectivity index (χ0) is 19.6. The molecule has 2 aromatic rings. The fourth-order valence-electron chi connectivity index (χ4n) is 4.57. The molecule has 2 aromatic carbocycles. The first kappa shape index (κ1) is 29.5. The molecule has 1 atom stereocenters. The van der Waals surface area contributed by atoms with Crippen molar-refractivity contribution < 1.29 is 57.7 Å². The van der Waals surface area contributed by atoms with Gasteiger partial charge in [-0.25, -0.2) is 0 Å². The van der Waals surface area contributed by atoms with Crippen molar-refractivity contribution in [3.05, 3.63) is 93.6 Å². The molecule has 0 saturated carbocycles. The molecule has 0 spiro atoms. The van der Waals surface area contributed by atoms with Crippen molar-refractivity contribution in [2.75, 3.05) is 0 Å². The summed E-state index contributed by atoms with van der Waals surface area (Å²) >= 11 is 2.44. The van der Waals surface area contributed by atoms with E-state index < -0.39 is 0 Å². The van der Waals surface area contributed by atoms with Gasteiger partial charge >= 0.3 is 178 Å². The standard InChI is InChI=1S/C26H31.3ClH.Ti/c1-6-7-9-22-10-8-11-25(22)26(23-14-18(2)12-19(3)15-23)24-16-20(4)13-21(5)17-24;;;;/h8,10-17,26H,6-7,9H2,1-5H3;3*1H;/q;;;;+3/p-3. The van der Waals surface area contributed by atoms with Gasteiger partial charge in [-0.05, 0) is 0 Å². The summed E-state index contributed by atoms with van der Waals surface area (Å²) in [5.74, 6) is 0.344. The Hall–Kier alpha value is -0.496. The van der Waals surface area contributed by atoms with Crippen molar-refractivity contribution in [3.63, 3.8) is 0 Å². The van der Waals surface area contributed by atoms with E-state index in [-0.39, 0.29) is 40.9 Å². The molecule has 0 N–H and O–H groups in total. The summed E-state index contributed by atoms with van der Waals surface area (Å²) in [5.41, 5.74) is 9.86. The summed E-state index contributed by atoms with van der Waals surface area (Å²) in [4.78, 5) is 0. The molecule has 30 heavy (non-hydrogen) atoms. The number of unbranched alkanes of at least 4 members (excludes halogenated alkanes) is 1. The molecule has 1 aliphatic carbocycles. The van der Waals surface area contributed by atoms with Gasteiger partial charge in [0.25, 0.3) is 0 Å². The monoisotopic (exact) mass is 496 g/mol. The van der Waals surface area contributed by atoms with E-state index in [0.29, 0.717) is 5.92 Å². The van der Waals surface area contributed by atoms with Gasteiger partial charge in [-0.3, -0.25) is 0 Å². The maximum absolute atomic E-state index is 2.44. The molecule has 0 nitrogen and oxygen atoms in total. The number of aryl methyl sites for hydroxylation is 4. The van der Waals surface area contributed by atoms with Crippen molar-refractivity contribution in [2.24, 2.45) is 0 Å². The summed E-state index contributed by atoms with van der Waals surface area (Å²) in [6, 6.07) is 14.1. The molecule has 160 valence electrons. The fourth-order valence-corrected chi connectivity index (χ4v) is 5.57. The van der Waals surface area contributed by atoms with E-state index in [1.807, 2.05) is 0 Å². The number of hydrogen-bond donors (Lipinski definition) is 0. The van der Waals surface area contributed by atoms with Crippen LogP contribution in [0.5, 0.6) is 0 Å². The van der Waals surface area contributed by atoms with Crippen LogP contribution >= 0.6 is 0 Å². The second-order valence-corrected chi connectivity index (χ2v) is 9.59. The van der Waals surface area contributed by atoms with Gasteiger partial charge in [-0.15, -0.1) is 0 Å². The Morgan fingerprint density at radius 2 is 1.20 bits per heavy atom. The van der Waals surface area contributed by atoms with Crippen molar-refractivity contribution in [2.45, 2.75) is 63.5 Å². The minimum Gasteiger partial charge on any atom is -1.00 e. The zero-order valence-electron chi connectivity index (χ0n) is 18.5. The Morgan fingerprint density at radius 1 is 0.767 bits per heavy atom. The van der Waals surface area contributed by atoms with E-state index in [1.165, 1.54) is 52.6 Å². The summed E-state index contributed by atoms with van der Waals surface area (Å²) in [7, 11) is 0. The summed E-state index contributed by atoms with van der Waals surface area (Å²) in [5, 5.41) is 0. The fraction of sp³-hybridized carbons (Fsp3) is 0.385. The smallest absolute Gasteiger partial charge is 1.00 e. The minimum atomic E-state index is 0. The summed E-state index contributed by atoms with van der Waals surface area (Å²) < 4.78 is 0.0373. The zero-order valence-corrected chi connectivity index (χ0v) is 22.4. The number of allylic oxidation sites excluding steroid dienone is 4. The third-order valence-electron chi connectivity index (χ3n) is 5.60. The normalized spacial score (nSPS) is 17.1. The van der Waals surface area contributed by atoms with Crippen LogP contribution in [-0.2, 0) is 20.4 Å². The molecule has 1 aliphatic rings. The second-order valence-electron chi connectivity index (χ2n) is 8.30. The molecule has 0 fully saturated rings. The number of benzene rings is 2. The molecule has 0 radical (unpaired) electrons. The maximum Gasteiger partial charge on any atom is -1.00 e. The van der Waals surface area contributed by atoms with Crippen molar-refractivity contribution in [1.29, 1.82) is 0 Å². The first-order valence-electron chi connectivity index (χ1n) is 10.1. The number of hydrogen-bond acceptors (Lipinski definition) is 0. The van der Waals surface area contributed by atoms with Crippen LogP contribution in [0.25, 0.3) is 0 Å². The predicted octanol–water partition coefficient (Wildman–Crippen LogP) is -1.54. The van der Waals surface area contributed by atoms with E-state index in [9.17, 15) is 0 Å². The number of halogens is 3. The van der Waals surface area contributed by atoms with E-state index in [1.54, 1.807) is 5.57 Å². The third kappa shape index (κ3) is 6.50. The second kappa shape index (κ2) is 12.5. The third-order valence-corrected chi connectivity index (χ3v) is 6.81. The van der Waals surface area contributed by atoms with Crippen LogP contribution in [0.1, 0.15) is 65.5 Å². The van der Waals surface area contributed by atoms with Crippen LogP contribution in [0.15, 0.2) is 60.2 Å². The number of rotatable bonds is 6. The van der Waals surface area contributed by atoms with Gasteiger partial charge in [0, 0.05) is 0 Å². The average molecular weight is 498 g/mol. The molecular formula is C26H31Cl3Ti. The Labute approximate surface area is 213 Å².